The average Bonchev–Trinajstić information content (AvgIpc) is 2.99. The maximum Gasteiger partial charge on any atom is 0.261 e. The zero-order chi connectivity index (χ0) is 29.4. The van der Waals surface area contributed by atoms with Gasteiger partial charge in [-0.2, -0.15) is 4.31 Å². The third kappa shape index (κ3) is 8.12. The lowest BCUT2D eigenvalue weighted by Gasteiger charge is -2.29. The standard InChI is InChI=1S/C30H34FN3O6S/c1-22-3-5-24(6-4-22)19-32-30(36)23(2)34(20-25-7-9-26(31)10-8-25)29(35)21-40-27-11-13-28(14-12-27)41(37,38)33-15-17-39-18-16-33/h3-14,23H,15-21H2,1-2H3,(H,32,36)/t23-/m0/s1. The molecule has 1 aliphatic rings. The molecule has 1 N–H and O–H groups in total. The molecule has 218 valence electrons. The Morgan fingerprint density at radius 1 is 0.976 bits per heavy atom. The zero-order valence-electron chi connectivity index (χ0n) is 23.1. The molecule has 1 aliphatic heterocycles. The van der Waals surface area contributed by atoms with Crippen LogP contribution in [0.2, 0.25) is 0 Å². The van der Waals surface area contributed by atoms with Crippen LogP contribution < -0.4 is 10.1 Å². The Bertz CT molecular complexity index is 1420. The summed E-state index contributed by atoms with van der Waals surface area (Å²) in [6.45, 7) is 4.86. The second kappa shape index (κ2) is 13.7. The van der Waals surface area contributed by atoms with Crippen LogP contribution in [-0.2, 0) is 37.4 Å². The van der Waals surface area contributed by atoms with Gasteiger partial charge in [-0.05, 0) is 61.4 Å². The van der Waals surface area contributed by atoms with E-state index in [4.69, 9.17) is 9.47 Å². The highest BCUT2D eigenvalue weighted by atomic mass is 32.2. The number of carbonyl (C=O) groups is 2. The van der Waals surface area contributed by atoms with E-state index in [2.05, 4.69) is 5.32 Å². The average molecular weight is 584 g/mol. The fraction of sp³-hybridized carbons (Fsp3) is 0.333. The Hall–Kier alpha value is -3.80. The summed E-state index contributed by atoms with van der Waals surface area (Å²) in [4.78, 5) is 27.8. The molecule has 1 heterocycles. The Labute approximate surface area is 239 Å². The van der Waals surface area contributed by atoms with Gasteiger partial charge in [0.05, 0.1) is 18.1 Å². The summed E-state index contributed by atoms with van der Waals surface area (Å²) in [5.41, 5.74) is 2.68. The van der Waals surface area contributed by atoms with E-state index in [9.17, 15) is 22.4 Å². The van der Waals surface area contributed by atoms with Gasteiger partial charge in [-0.1, -0.05) is 42.0 Å². The first-order chi connectivity index (χ1) is 19.6. The Kier molecular flexibility index (Phi) is 10.1. The molecule has 0 aromatic heterocycles. The third-order valence-electron chi connectivity index (χ3n) is 6.81. The summed E-state index contributed by atoms with van der Waals surface area (Å²) >= 11 is 0. The summed E-state index contributed by atoms with van der Waals surface area (Å²) in [5.74, 6) is -0.911. The highest BCUT2D eigenvalue weighted by Crippen LogP contribution is 2.21. The van der Waals surface area contributed by atoms with Crippen LogP contribution >= 0.6 is 0 Å². The predicted octanol–water partition coefficient (Wildman–Crippen LogP) is 3.27. The second-order valence-corrected chi connectivity index (χ2v) is 11.7. The molecule has 2 amide bonds. The van der Waals surface area contributed by atoms with Crippen molar-refractivity contribution in [3.63, 3.8) is 0 Å². The number of rotatable bonds is 11. The third-order valence-corrected chi connectivity index (χ3v) is 8.73. The van der Waals surface area contributed by atoms with Gasteiger partial charge >= 0.3 is 0 Å². The van der Waals surface area contributed by atoms with Crippen LogP contribution in [-0.4, -0.2) is 68.4 Å². The van der Waals surface area contributed by atoms with Crippen LogP contribution in [0.25, 0.3) is 0 Å². The van der Waals surface area contributed by atoms with Crippen LogP contribution in [0, 0.1) is 12.7 Å². The number of nitrogens with one attached hydrogen (secondary N) is 1. The van der Waals surface area contributed by atoms with Crippen molar-refractivity contribution in [2.45, 2.75) is 37.9 Å². The van der Waals surface area contributed by atoms with Gasteiger partial charge in [0.2, 0.25) is 15.9 Å². The highest BCUT2D eigenvalue weighted by molar-refractivity contribution is 7.89. The maximum atomic E-state index is 13.5. The quantitative estimate of drug-likeness (QED) is 0.372. The molecule has 1 saturated heterocycles. The minimum atomic E-state index is -3.66. The van der Waals surface area contributed by atoms with E-state index in [1.165, 1.54) is 45.6 Å². The van der Waals surface area contributed by atoms with Crippen LogP contribution in [0.4, 0.5) is 4.39 Å². The number of morpholine rings is 1. The van der Waals surface area contributed by atoms with Crippen molar-refractivity contribution in [1.29, 1.82) is 0 Å². The molecule has 0 saturated carbocycles. The van der Waals surface area contributed by atoms with Crippen molar-refractivity contribution in [2.75, 3.05) is 32.9 Å². The molecule has 3 aromatic carbocycles. The van der Waals surface area contributed by atoms with Crippen LogP contribution in [0.3, 0.4) is 0 Å². The van der Waals surface area contributed by atoms with Gasteiger partial charge in [-0.15, -0.1) is 0 Å². The first-order valence-electron chi connectivity index (χ1n) is 13.3. The summed E-state index contributed by atoms with van der Waals surface area (Å²) in [6.07, 6.45) is 0. The first-order valence-corrected chi connectivity index (χ1v) is 14.8. The van der Waals surface area contributed by atoms with Crippen molar-refractivity contribution >= 4 is 21.8 Å². The van der Waals surface area contributed by atoms with E-state index in [0.717, 1.165) is 11.1 Å². The van der Waals surface area contributed by atoms with E-state index in [1.54, 1.807) is 19.1 Å². The molecular weight excluding hydrogens is 549 g/mol. The molecule has 0 spiro atoms. The Balaban J connectivity index is 1.41. The summed E-state index contributed by atoms with van der Waals surface area (Å²) in [5, 5.41) is 2.87. The van der Waals surface area contributed by atoms with E-state index in [-0.39, 0.29) is 37.0 Å². The molecule has 11 heteroatoms. The van der Waals surface area contributed by atoms with Crippen molar-refractivity contribution in [2.24, 2.45) is 0 Å². The normalized spacial score (nSPS) is 14.7. The fourth-order valence-electron chi connectivity index (χ4n) is 4.28. The van der Waals surface area contributed by atoms with Crippen LogP contribution in [0.5, 0.6) is 5.75 Å². The van der Waals surface area contributed by atoms with E-state index < -0.39 is 27.8 Å². The Morgan fingerprint density at radius 3 is 2.22 bits per heavy atom. The lowest BCUT2D eigenvalue weighted by Crippen LogP contribution is -2.48. The molecule has 3 aromatic rings. The second-order valence-electron chi connectivity index (χ2n) is 9.80. The largest absolute Gasteiger partial charge is 0.484 e. The molecule has 41 heavy (non-hydrogen) atoms. The van der Waals surface area contributed by atoms with Gasteiger partial charge < -0.3 is 19.7 Å². The number of hydrogen-bond acceptors (Lipinski definition) is 6. The van der Waals surface area contributed by atoms with Crippen molar-refractivity contribution in [1.82, 2.24) is 14.5 Å². The molecular formula is C30H34FN3O6S. The molecule has 0 aliphatic carbocycles. The topological polar surface area (TPSA) is 105 Å². The number of carbonyl (C=O) groups excluding carboxylic acids is 2. The van der Waals surface area contributed by atoms with Crippen LogP contribution in [0.15, 0.2) is 77.7 Å². The van der Waals surface area contributed by atoms with Gasteiger partial charge in [0.15, 0.2) is 6.61 Å². The SMILES string of the molecule is Cc1ccc(CNC(=O)[C@H](C)N(Cc2ccc(F)cc2)C(=O)COc2ccc(S(=O)(=O)N3CCOCC3)cc2)cc1. The van der Waals surface area contributed by atoms with E-state index >= 15 is 0 Å². The highest BCUT2D eigenvalue weighted by Gasteiger charge is 2.28. The number of nitrogens with zero attached hydrogens (tertiary/aromatic N) is 2. The lowest BCUT2D eigenvalue weighted by molar-refractivity contribution is -0.142. The molecule has 0 unspecified atom stereocenters. The van der Waals surface area contributed by atoms with Gasteiger partial charge in [-0.25, -0.2) is 12.8 Å². The number of benzene rings is 3. The number of ether oxygens (including phenoxy) is 2. The molecule has 0 radical (unpaired) electrons. The van der Waals surface area contributed by atoms with E-state index in [0.29, 0.717) is 31.1 Å². The molecule has 4 rings (SSSR count). The number of sulfonamides is 1. The first kappa shape index (κ1) is 30.2. The van der Waals surface area contributed by atoms with Crippen LogP contribution in [0.1, 0.15) is 23.6 Å². The maximum absolute atomic E-state index is 13.5. The van der Waals surface area contributed by atoms with Gasteiger partial charge in [0.1, 0.15) is 17.6 Å². The minimum Gasteiger partial charge on any atom is -0.484 e. The Morgan fingerprint density at radius 2 is 1.59 bits per heavy atom. The predicted molar refractivity (Wildman–Crippen MR) is 151 cm³/mol. The monoisotopic (exact) mass is 583 g/mol. The van der Waals surface area contributed by atoms with Crippen molar-refractivity contribution in [3.8, 4) is 5.75 Å². The molecule has 9 nitrogen and oxygen atoms in total. The van der Waals surface area contributed by atoms with Gasteiger partial charge in [0, 0.05) is 26.2 Å². The number of aryl methyl sites for hydroxylation is 1. The summed E-state index contributed by atoms with van der Waals surface area (Å²) < 4.78 is 51.4. The molecule has 1 fully saturated rings. The zero-order valence-corrected chi connectivity index (χ0v) is 23.9. The molecule has 1 atom stereocenters. The fourth-order valence-corrected chi connectivity index (χ4v) is 5.69. The summed E-state index contributed by atoms with van der Waals surface area (Å²) in [7, 11) is -3.66. The summed E-state index contributed by atoms with van der Waals surface area (Å²) in [6, 6.07) is 18.5. The number of halogens is 1. The van der Waals surface area contributed by atoms with Crippen molar-refractivity contribution < 1.29 is 31.9 Å². The van der Waals surface area contributed by atoms with Gasteiger partial charge in [0.25, 0.3) is 5.91 Å². The lowest BCUT2D eigenvalue weighted by atomic mass is 10.1. The minimum absolute atomic E-state index is 0.0678. The van der Waals surface area contributed by atoms with Gasteiger partial charge in [-0.3, -0.25) is 9.59 Å². The molecule has 0 bridgehead atoms. The number of amides is 2. The van der Waals surface area contributed by atoms with Crippen molar-refractivity contribution in [3.05, 3.63) is 95.3 Å². The smallest absolute Gasteiger partial charge is 0.261 e. The number of hydrogen-bond donors (Lipinski definition) is 1. The van der Waals surface area contributed by atoms with E-state index in [1.807, 2.05) is 31.2 Å².